The van der Waals surface area contributed by atoms with E-state index in [1.807, 2.05) is 0 Å². The fourth-order valence-corrected chi connectivity index (χ4v) is 1.96. The predicted octanol–water partition coefficient (Wildman–Crippen LogP) is 3.67. The summed E-state index contributed by atoms with van der Waals surface area (Å²) in [4.78, 5) is 0. The van der Waals surface area contributed by atoms with Crippen LogP contribution in [0.15, 0.2) is 0 Å². The van der Waals surface area contributed by atoms with E-state index in [4.69, 9.17) is 0 Å². The molecule has 0 aromatic heterocycles. The van der Waals surface area contributed by atoms with Gasteiger partial charge in [-0.3, -0.25) is 0 Å². The standard InChI is InChI=1S/C9H10F9IO3S/c10-6(11,1-2-22-3-4-23(18,20)21)8(14,15)9(16,17)7(12,13)5-19/h1-5H2. The Bertz CT molecular complexity index is 494. The molecule has 0 aliphatic rings. The number of ether oxygens (including phenoxy) is 1. The molecule has 14 heteroatoms. The summed E-state index contributed by atoms with van der Waals surface area (Å²) >= 11 is 0.645. The molecule has 0 N–H and O–H groups in total. The second-order valence-electron chi connectivity index (χ2n) is 4.30. The summed E-state index contributed by atoms with van der Waals surface area (Å²) in [6.45, 7) is -2.37. The third-order valence-corrected chi connectivity index (χ3v) is 4.13. The molecule has 0 rings (SSSR count). The Balaban J connectivity index is 4.91. The zero-order valence-corrected chi connectivity index (χ0v) is 13.9. The lowest BCUT2D eigenvalue weighted by Gasteiger charge is -2.36. The molecule has 140 valence electrons. The molecule has 0 amide bonds. The van der Waals surface area contributed by atoms with E-state index in [0.29, 0.717) is 22.6 Å². The van der Waals surface area contributed by atoms with Crippen LogP contribution in [0, 0.1) is 0 Å². The number of halogens is 10. The minimum absolute atomic E-state index is 0.645. The molecule has 0 saturated heterocycles. The van der Waals surface area contributed by atoms with Crippen LogP contribution in [0.3, 0.4) is 0 Å². The molecular formula is C9H10F9IO3S. The van der Waals surface area contributed by atoms with E-state index in [9.17, 15) is 47.4 Å². The van der Waals surface area contributed by atoms with Gasteiger partial charge in [0.15, 0.2) is 0 Å². The van der Waals surface area contributed by atoms with Crippen molar-refractivity contribution < 1.29 is 52.2 Å². The summed E-state index contributed by atoms with van der Waals surface area (Å²) in [5.74, 6) is -24.9. The van der Waals surface area contributed by atoms with E-state index in [2.05, 4.69) is 4.74 Å². The number of alkyl halides is 9. The fourth-order valence-electron chi connectivity index (χ4n) is 1.16. The maximum absolute atomic E-state index is 13.2. The molecule has 0 unspecified atom stereocenters. The zero-order valence-electron chi connectivity index (χ0n) is 10.9. The third-order valence-electron chi connectivity index (χ3n) is 2.51. The molecule has 0 aliphatic carbocycles. The Kier molecular flexibility index (Phi) is 7.50. The molecule has 0 heterocycles. The summed E-state index contributed by atoms with van der Waals surface area (Å²) in [7, 11) is -5.00. The number of hydrogen-bond donors (Lipinski definition) is 0. The van der Waals surface area contributed by atoms with Gasteiger partial charge in [-0.2, -0.15) is 43.5 Å². The van der Waals surface area contributed by atoms with Crippen LogP contribution >= 0.6 is 22.6 Å². The summed E-state index contributed by atoms with van der Waals surface area (Å²) in [6.07, 6.45) is -2.10. The summed E-state index contributed by atoms with van der Waals surface area (Å²) in [6, 6.07) is 0. The van der Waals surface area contributed by atoms with Gasteiger partial charge < -0.3 is 4.74 Å². The third kappa shape index (κ3) is 5.51. The highest BCUT2D eigenvalue weighted by atomic mass is 127. The van der Waals surface area contributed by atoms with Crippen LogP contribution in [0.4, 0.5) is 39.0 Å². The Morgan fingerprint density at radius 1 is 0.826 bits per heavy atom. The highest BCUT2D eigenvalue weighted by Gasteiger charge is 2.79. The summed E-state index contributed by atoms with van der Waals surface area (Å²) < 4.78 is 139. The van der Waals surface area contributed by atoms with Crippen LogP contribution in [0.2, 0.25) is 0 Å². The molecule has 0 aliphatic heterocycles. The molecule has 0 bridgehead atoms. The van der Waals surface area contributed by atoms with Gasteiger partial charge in [0.2, 0.25) is 0 Å². The van der Waals surface area contributed by atoms with Crippen LogP contribution in [0.25, 0.3) is 0 Å². The Morgan fingerprint density at radius 2 is 1.26 bits per heavy atom. The Morgan fingerprint density at radius 3 is 1.65 bits per heavy atom. The molecular weight excluding hydrogens is 486 g/mol. The first-order chi connectivity index (χ1) is 10.0. The van der Waals surface area contributed by atoms with Gasteiger partial charge in [-0.1, -0.05) is 22.6 Å². The zero-order chi connectivity index (χ0) is 18.7. The topological polar surface area (TPSA) is 43.4 Å². The fraction of sp³-hybridized carbons (Fsp3) is 1.00. The second-order valence-corrected chi connectivity index (χ2v) is 6.55. The van der Waals surface area contributed by atoms with Gasteiger partial charge >= 0.3 is 33.9 Å². The van der Waals surface area contributed by atoms with Crippen molar-refractivity contribution in [3.63, 3.8) is 0 Å². The molecule has 0 fully saturated rings. The molecule has 0 atom stereocenters. The number of rotatable bonds is 10. The van der Waals surface area contributed by atoms with Gasteiger partial charge in [-0.05, 0) is 0 Å². The van der Waals surface area contributed by atoms with Gasteiger partial charge in [0.1, 0.15) is 5.75 Å². The molecule has 0 radical (unpaired) electrons. The van der Waals surface area contributed by atoms with Gasteiger partial charge in [0.05, 0.1) is 17.6 Å². The van der Waals surface area contributed by atoms with Crippen LogP contribution in [-0.4, -0.2) is 55.5 Å². The molecule has 0 aromatic rings. The highest BCUT2D eigenvalue weighted by Crippen LogP contribution is 2.53. The van der Waals surface area contributed by atoms with E-state index in [-0.39, 0.29) is 0 Å². The van der Waals surface area contributed by atoms with Crippen molar-refractivity contribution in [2.24, 2.45) is 0 Å². The van der Waals surface area contributed by atoms with Crippen molar-refractivity contribution in [3.05, 3.63) is 0 Å². The van der Waals surface area contributed by atoms with Crippen molar-refractivity contribution in [1.82, 2.24) is 0 Å². The smallest absolute Gasteiger partial charge is 0.378 e. The predicted molar refractivity (Wildman–Crippen MR) is 69.0 cm³/mol. The molecule has 0 spiro atoms. The number of hydrogen-bond acceptors (Lipinski definition) is 3. The van der Waals surface area contributed by atoms with E-state index in [1.54, 1.807) is 0 Å². The van der Waals surface area contributed by atoms with Crippen molar-refractivity contribution in [1.29, 1.82) is 0 Å². The minimum atomic E-state index is -6.38. The molecule has 0 saturated carbocycles. The molecule has 3 nitrogen and oxygen atoms in total. The van der Waals surface area contributed by atoms with E-state index >= 15 is 0 Å². The highest BCUT2D eigenvalue weighted by molar-refractivity contribution is 14.1. The lowest BCUT2D eigenvalue weighted by Crippen LogP contribution is -2.62. The molecule has 0 aromatic carbocycles. The average Bonchev–Trinajstić information content (AvgIpc) is 2.36. The first-order valence-corrected chi connectivity index (χ1v) is 8.67. The van der Waals surface area contributed by atoms with Gasteiger partial charge in [0.25, 0.3) is 0 Å². The second kappa shape index (κ2) is 7.49. The van der Waals surface area contributed by atoms with E-state index < -0.39 is 63.7 Å². The summed E-state index contributed by atoms with van der Waals surface area (Å²) in [5, 5.41) is 0. The quantitative estimate of drug-likeness (QED) is 0.153. The lowest BCUT2D eigenvalue weighted by atomic mass is 9.98. The van der Waals surface area contributed by atoms with Crippen molar-refractivity contribution in [2.45, 2.75) is 30.1 Å². The van der Waals surface area contributed by atoms with Crippen molar-refractivity contribution in [2.75, 3.05) is 23.4 Å². The van der Waals surface area contributed by atoms with Crippen LogP contribution in [0.1, 0.15) is 6.42 Å². The van der Waals surface area contributed by atoms with Gasteiger partial charge in [-0.25, -0.2) is 0 Å². The maximum Gasteiger partial charge on any atom is 0.378 e. The first-order valence-electron chi connectivity index (χ1n) is 5.59. The largest absolute Gasteiger partial charge is 0.380 e. The Hall–Kier alpha value is 0.01000. The Labute approximate surface area is 138 Å². The normalized spacial score (nSPS) is 15.0. The van der Waals surface area contributed by atoms with Gasteiger partial charge in [0, 0.05) is 6.42 Å². The maximum atomic E-state index is 13.2. The monoisotopic (exact) mass is 496 g/mol. The first kappa shape index (κ1) is 23.0. The minimum Gasteiger partial charge on any atom is -0.380 e. The SMILES string of the molecule is O=S(=O)(F)CCOCCC(F)(F)C(F)(F)C(F)(F)C(F)(F)CI. The lowest BCUT2D eigenvalue weighted by molar-refractivity contribution is -0.362. The van der Waals surface area contributed by atoms with Crippen molar-refractivity contribution in [3.8, 4) is 0 Å². The summed E-state index contributed by atoms with van der Waals surface area (Å²) in [5.41, 5.74) is 0. The van der Waals surface area contributed by atoms with Crippen LogP contribution in [0.5, 0.6) is 0 Å². The van der Waals surface area contributed by atoms with E-state index in [1.165, 1.54) is 0 Å². The van der Waals surface area contributed by atoms with Crippen molar-refractivity contribution >= 4 is 32.8 Å². The van der Waals surface area contributed by atoms with E-state index in [0.717, 1.165) is 0 Å². The van der Waals surface area contributed by atoms with Gasteiger partial charge in [-0.15, -0.1) is 3.89 Å². The molecule has 23 heavy (non-hydrogen) atoms. The van der Waals surface area contributed by atoms with Crippen LogP contribution in [-0.2, 0) is 15.0 Å². The average molecular weight is 496 g/mol. The van der Waals surface area contributed by atoms with Crippen LogP contribution < -0.4 is 0 Å².